The van der Waals surface area contributed by atoms with Crippen molar-refractivity contribution in [3.05, 3.63) is 59.3 Å². The summed E-state index contributed by atoms with van der Waals surface area (Å²) in [5, 5.41) is 4.48. The van der Waals surface area contributed by atoms with Crippen LogP contribution in [0.4, 0.5) is 0 Å². The second kappa shape index (κ2) is 7.46. The van der Waals surface area contributed by atoms with Crippen LogP contribution in [0.2, 0.25) is 0 Å². The van der Waals surface area contributed by atoms with Gasteiger partial charge in [-0.05, 0) is 37.6 Å². The lowest BCUT2D eigenvalue weighted by atomic mass is 10.1. The SMILES string of the molecule is CCNC(C)c1ccc(SCc2cccc(C)c2)nc1. The lowest BCUT2D eigenvalue weighted by Crippen LogP contribution is -2.17. The number of nitrogens with one attached hydrogen (secondary N) is 1. The molecule has 1 aromatic heterocycles. The zero-order chi connectivity index (χ0) is 14.4. The second-order valence-electron chi connectivity index (χ2n) is 4.99. The summed E-state index contributed by atoms with van der Waals surface area (Å²) in [4.78, 5) is 4.54. The van der Waals surface area contributed by atoms with E-state index in [1.54, 1.807) is 11.8 Å². The quantitative estimate of drug-likeness (QED) is 0.799. The summed E-state index contributed by atoms with van der Waals surface area (Å²) in [6.45, 7) is 7.39. The maximum Gasteiger partial charge on any atom is 0.0963 e. The van der Waals surface area contributed by atoms with Gasteiger partial charge in [-0.2, -0.15) is 0 Å². The van der Waals surface area contributed by atoms with E-state index in [1.807, 2.05) is 6.20 Å². The molecule has 0 bridgehead atoms. The van der Waals surface area contributed by atoms with E-state index in [1.165, 1.54) is 16.7 Å². The Morgan fingerprint density at radius 3 is 2.75 bits per heavy atom. The predicted molar refractivity (Wildman–Crippen MR) is 87.1 cm³/mol. The van der Waals surface area contributed by atoms with Crippen LogP contribution in [-0.2, 0) is 5.75 Å². The molecule has 20 heavy (non-hydrogen) atoms. The first-order valence-electron chi connectivity index (χ1n) is 7.06. The molecule has 1 N–H and O–H groups in total. The first-order valence-corrected chi connectivity index (χ1v) is 8.05. The van der Waals surface area contributed by atoms with Gasteiger partial charge in [-0.25, -0.2) is 4.98 Å². The van der Waals surface area contributed by atoms with Crippen LogP contribution < -0.4 is 5.32 Å². The summed E-state index contributed by atoms with van der Waals surface area (Å²) in [6, 6.07) is 13.3. The average molecular weight is 286 g/mol. The zero-order valence-electron chi connectivity index (χ0n) is 12.4. The van der Waals surface area contributed by atoms with Gasteiger partial charge in [0.25, 0.3) is 0 Å². The third kappa shape index (κ3) is 4.36. The first-order chi connectivity index (χ1) is 9.69. The normalized spacial score (nSPS) is 12.3. The van der Waals surface area contributed by atoms with Gasteiger partial charge in [0.05, 0.1) is 5.03 Å². The Bertz CT molecular complexity index is 537. The maximum atomic E-state index is 4.54. The molecule has 0 saturated heterocycles. The van der Waals surface area contributed by atoms with Crippen LogP contribution >= 0.6 is 11.8 Å². The van der Waals surface area contributed by atoms with Crippen molar-refractivity contribution >= 4 is 11.8 Å². The smallest absolute Gasteiger partial charge is 0.0963 e. The zero-order valence-corrected chi connectivity index (χ0v) is 13.2. The molecule has 0 amide bonds. The molecule has 106 valence electrons. The summed E-state index contributed by atoms with van der Waals surface area (Å²) in [5.41, 5.74) is 3.90. The van der Waals surface area contributed by atoms with Crippen molar-refractivity contribution in [2.24, 2.45) is 0 Å². The summed E-state index contributed by atoms with van der Waals surface area (Å²) in [7, 11) is 0. The highest BCUT2D eigenvalue weighted by Crippen LogP contribution is 2.22. The molecule has 2 aromatic rings. The number of thioether (sulfide) groups is 1. The van der Waals surface area contributed by atoms with Gasteiger partial charge in [0.15, 0.2) is 0 Å². The molecule has 1 heterocycles. The minimum Gasteiger partial charge on any atom is -0.310 e. The van der Waals surface area contributed by atoms with Crippen molar-refractivity contribution in [1.29, 1.82) is 0 Å². The first kappa shape index (κ1) is 15.1. The fourth-order valence-electron chi connectivity index (χ4n) is 2.12. The van der Waals surface area contributed by atoms with Crippen LogP contribution in [0, 0.1) is 6.92 Å². The Morgan fingerprint density at radius 2 is 2.10 bits per heavy atom. The van der Waals surface area contributed by atoms with Crippen LogP contribution in [0.1, 0.15) is 36.6 Å². The van der Waals surface area contributed by atoms with Gasteiger partial charge in [-0.3, -0.25) is 0 Å². The molecule has 1 atom stereocenters. The fourth-order valence-corrected chi connectivity index (χ4v) is 2.90. The molecule has 0 aliphatic heterocycles. The third-order valence-electron chi connectivity index (χ3n) is 3.24. The number of nitrogens with zero attached hydrogens (tertiary/aromatic N) is 1. The number of hydrogen-bond acceptors (Lipinski definition) is 3. The highest BCUT2D eigenvalue weighted by molar-refractivity contribution is 7.98. The van der Waals surface area contributed by atoms with Crippen molar-refractivity contribution in [3.8, 4) is 0 Å². The van der Waals surface area contributed by atoms with Crippen molar-refractivity contribution < 1.29 is 0 Å². The van der Waals surface area contributed by atoms with Gasteiger partial charge in [0.2, 0.25) is 0 Å². The van der Waals surface area contributed by atoms with Gasteiger partial charge in [0.1, 0.15) is 0 Å². The van der Waals surface area contributed by atoms with Gasteiger partial charge >= 0.3 is 0 Å². The average Bonchev–Trinajstić information content (AvgIpc) is 2.46. The van der Waals surface area contributed by atoms with E-state index in [4.69, 9.17) is 0 Å². The lowest BCUT2D eigenvalue weighted by molar-refractivity contribution is 0.595. The van der Waals surface area contributed by atoms with E-state index in [0.29, 0.717) is 6.04 Å². The van der Waals surface area contributed by atoms with Crippen LogP contribution in [0.5, 0.6) is 0 Å². The van der Waals surface area contributed by atoms with E-state index in [0.717, 1.165) is 17.3 Å². The maximum absolute atomic E-state index is 4.54. The van der Waals surface area contributed by atoms with Crippen LogP contribution in [0.15, 0.2) is 47.6 Å². The Morgan fingerprint density at radius 1 is 1.25 bits per heavy atom. The molecule has 0 radical (unpaired) electrons. The Kier molecular flexibility index (Phi) is 5.62. The summed E-state index contributed by atoms with van der Waals surface area (Å²) in [5.74, 6) is 0.969. The van der Waals surface area contributed by atoms with Crippen LogP contribution in [0.25, 0.3) is 0 Å². The summed E-state index contributed by atoms with van der Waals surface area (Å²) in [6.07, 6.45) is 1.98. The molecule has 2 nitrogen and oxygen atoms in total. The van der Waals surface area contributed by atoms with E-state index < -0.39 is 0 Å². The number of pyridine rings is 1. The third-order valence-corrected chi connectivity index (χ3v) is 4.25. The predicted octanol–water partition coefficient (Wildman–Crippen LogP) is 4.35. The standard InChI is InChI=1S/C17H22N2S/c1-4-18-14(3)16-8-9-17(19-11-16)20-12-15-7-5-6-13(2)10-15/h5-11,14,18H,4,12H2,1-3H3. The minimum absolute atomic E-state index is 0.364. The van der Waals surface area contributed by atoms with Crippen molar-refractivity contribution in [3.63, 3.8) is 0 Å². The monoisotopic (exact) mass is 286 g/mol. The van der Waals surface area contributed by atoms with Crippen LogP contribution in [0.3, 0.4) is 0 Å². The minimum atomic E-state index is 0.364. The molecule has 3 heteroatoms. The van der Waals surface area contributed by atoms with Gasteiger partial charge in [-0.15, -0.1) is 11.8 Å². The Labute approximate surface area is 126 Å². The molecule has 0 saturated carbocycles. The van der Waals surface area contributed by atoms with Gasteiger partial charge in [-0.1, -0.05) is 42.8 Å². The van der Waals surface area contributed by atoms with Crippen LogP contribution in [-0.4, -0.2) is 11.5 Å². The second-order valence-corrected chi connectivity index (χ2v) is 5.98. The van der Waals surface area contributed by atoms with E-state index in [2.05, 4.69) is 67.5 Å². The number of rotatable bonds is 6. The number of aromatic nitrogens is 1. The largest absolute Gasteiger partial charge is 0.310 e. The number of hydrogen-bond donors (Lipinski definition) is 1. The van der Waals surface area contributed by atoms with E-state index in [-0.39, 0.29) is 0 Å². The van der Waals surface area contributed by atoms with Gasteiger partial charge in [0, 0.05) is 18.0 Å². The Balaban J connectivity index is 1.94. The number of benzene rings is 1. The highest BCUT2D eigenvalue weighted by atomic mass is 32.2. The lowest BCUT2D eigenvalue weighted by Gasteiger charge is -2.12. The van der Waals surface area contributed by atoms with Crippen molar-refractivity contribution in [2.75, 3.05) is 6.54 Å². The molecule has 2 rings (SSSR count). The molecule has 1 unspecified atom stereocenters. The van der Waals surface area contributed by atoms with Gasteiger partial charge < -0.3 is 5.32 Å². The van der Waals surface area contributed by atoms with Crippen molar-refractivity contribution in [1.82, 2.24) is 10.3 Å². The fraction of sp³-hybridized carbons (Fsp3) is 0.353. The molecule has 0 aliphatic rings. The molecule has 0 aliphatic carbocycles. The van der Waals surface area contributed by atoms with E-state index in [9.17, 15) is 0 Å². The molecular formula is C17H22N2S. The number of aryl methyl sites for hydroxylation is 1. The summed E-state index contributed by atoms with van der Waals surface area (Å²) < 4.78 is 0. The molecule has 1 aromatic carbocycles. The molecule has 0 spiro atoms. The molecular weight excluding hydrogens is 264 g/mol. The molecule has 0 fully saturated rings. The Hall–Kier alpha value is -1.32. The van der Waals surface area contributed by atoms with E-state index >= 15 is 0 Å². The topological polar surface area (TPSA) is 24.9 Å². The highest BCUT2D eigenvalue weighted by Gasteiger charge is 2.04. The van der Waals surface area contributed by atoms with Crippen molar-refractivity contribution in [2.45, 2.75) is 37.6 Å². The summed E-state index contributed by atoms with van der Waals surface area (Å²) >= 11 is 1.78.